The number of nitrogens with one attached hydrogen (secondary N) is 2. The van der Waals surface area contributed by atoms with Crippen molar-refractivity contribution >= 4 is 28.9 Å². The summed E-state index contributed by atoms with van der Waals surface area (Å²) in [6.07, 6.45) is 7.00. The summed E-state index contributed by atoms with van der Waals surface area (Å²) >= 11 is 0. The molecule has 0 radical (unpaired) electrons. The molecule has 0 fully saturated rings. The summed E-state index contributed by atoms with van der Waals surface area (Å²) in [7, 11) is 1.45. The summed E-state index contributed by atoms with van der Waals surface area (Å²) in [5, 5.41) is 17.4. The van der Waals surface area contributed by atoms with Crippen LogP contribution >= 0.6 is 0 Å². The molecule has 0 bridgehead atoms. The molecule has 0 aliphatic rings. The molecule has 0 saturated carbocycles. The quantitative estimate of drug-likeness (QED) is 0.301. The molecule has 1 heterocycles. The molecular weight excluding hydrogens is 434 g/mol. The van der Waals surface area contributed by atoms with Crippen LogP contribution in [0.4, 0.5) is 17.1 Å². The number of nitro groups is 1. The molecule has 1 atom stereocenters. The summed E-state index contributed by atoms with van der Waals surface area (Å²) < 4.78 is 0. The van der Waals surface area contributed by atoms with Crippen molar-refractivity contribution in [2.75, 3.05) is 24.2 Å². The van der Waals surface area contributed by atoms with Crippen LogP contribution in [0.3, 0.4) is 0 Å². The number of likely N-dealkylation sites (N-methyl/N-ethyl adjacent to an activating group) is 1. The summed E-state index contributed by atoms with van der Waals surface area (Å²) in [6.45, 7) is 1.58. The standard InChI is InChI=1S/C25H23N5O4/c1-4-18-8-7-9-20(14-18)28-24(31)16-29(3)25(32)19-11-12-22(23(15-19)30(33)34)27-17(2)21-10-5-6-13-26-21/h1,5-15,17,27H,16H2,2-3H3,(H,28,31). The Hall–Kier alpha value is -4.71. The maximum absolute atomic E-state index is 12.8. The Bertz CT molecular complexity index is 1250. The lowest BCUT2D eigenvalue weighted by Crippen LogP contribution is -2.35. The number of nitro benzene ring substituents is 1. The van der Waals surface area contributed by atoms with E-state index in [1.54, 1.807) is 36.5 Å². The fourth-order valence-corrected chi connectivity index (χ4v) is 3.27. The highest BCUT2D eigenvalue weighted by Gasteiger charge is 2.22. The van der Waals surface area contributed by atoms with Crippen molar-refractivity contribution in [3.8, 4) is 12.3 Å². The third kappa shape index (κ3) is 5.95. The Morgan fingerprint density at radius 2 is 1.97 bits per heavy atom. The molecule has 0 aliphatic heterocycles. The zero-order chi connectivity index (χ0) is 24.7. The van der Waals surface area contributed by atoms with E-state index in [9.17, 15) is 19.7 Å². The van der Waals surface area contributed by atoms with E-state index in [4.69, 9.17) is 6.42 Å². The Morgan fingerprint density at radius 1 is 1.18 bits per heavy atom. The number of carbonyl (C=O) groups is 2. The second-order valence-corrected chi connectivity index (χ2v) is 7.54. The van der Waals surface area contributed by atoms with Gasteiger partial charge in [0.05, 0.1) is 23.2 Å². The lowest BCUT2D eigenvalue weighted by Gasteiger charge is -2.18. The minimum Gasteiger partial charge on any atom is -0.371 e. The predicted molar refractivity (Wildman–Crippen MR) is 129 cm³/mol. The Kier molecular flexibility index (Phi) is 7.56. The molecule has 2 amide bonds. The van der Waals surface area contributed by atoms with E-state index in [1.807, 2.05) is 19.1 Å². The first-order chi connectivity index (χ1) is 16.3. The van der Waals surface area contributed by atoms with Gasteiger partial charge in [0.2, 0.25) is 5.91 Å². The highest BCUT2D eigenvalue weighted by atomic mass is 16.6. The van der Waals surface area contributed by atoms with Gasteiger partial charge in [0.15, 0.2) is 0 Å². The maximum atomic E-state index is 12.8. The monoisotopic (exact) mass is 457 g/mol. The number of hydrogen-bond acceptors (Lipinski definition) is 6. The Balaban J connectivity index is 1.71. The largest absolute Gasteiger partial charge is 0.371 e. The summed E-state index contributed by atoms with van der Waals surface area (Å²) in [4.78, 5) is 41.7. The number of rotatable bonds is 8. The number of carbonyl (C=O) groups excluding carboxylic acids is 2. The number of amides is 2. The average Bonchev–Trinajstić information content (AvgIpc) is 2.84. The van der Waals surface area contributed by atoms with Crippen molar-refractivity contribution in [3.05, 3.63) is 93.8 Å². The first-order valence-corrected chi connectivity index (χ1v) is 10.4. The molecular formula is C25H23N5O4. The highest BCUT2D eigenvalue weighted by Crippen LogP contribution is 2.29. The van der Waals surface area contributed by atoms with Crippen LogP contribution in [0.25, 0.3) is 0 Å². The van der Waals surface area contributed by atoms with Crippen molar-refractivity contribution in [2.24, 2.45) is 0 Å². The van der Waals surface area contributed by atoms with Crippen molar-refractivity contribution in [3.63, 3.8) is 0 Å². The molecule has 0 saturated heterocycles. The van der Waals surface area contributed by atoms with Crippen LogP contribution in [-0.2, 0) is 4.79 Å². The van der Waals surface area contributed by atoms with Gasteiger partial charge in [-0.05, 0) is 49.4 Å². The van der Waals surface area contributed by atoms with E-state index in [2.05, 4.69) is 21.5 Å². The van der Waals surface area contributed by atoms with E-state index < -0.39 is 16.7 Å². The van der Waals surface area contributed by atoms with Crippen LogP contribution in [-0.4, -0.2) is 40.2 Å². The molecule has 3 aromatic rings. The average molecular weight is 457 g/mol. The fraction of sp³-hybridized carbons (Fsp3) is 0.160. The van der Waals surface area contributed by atoms with Gasteiger partial charge in [0.1, 0.15) is 5.69 Å². The Morgan fingerprint density at radius 3 is 2.65 bits per heavy atom. The van der Waals surface area contributed by atoms with Gasteiger partial charge in [-0.1, -0.05) is 18.1 Å². The van der Waals surface area contributed by atoms with Crippen LogP contribution in [0.1, 0.15) is 34.6 Å². The number of hydrogen-bond donors (Lipinski definition) is 2. The van der Waals surface area contributed by atoms with Crippen molar-refractivity contribution in [1.82, 2.24) is 9.88 Å². The van der Waals surface area contributed by atoms with Gasteiger partial charge in [-0.2, -0.15) is 0 Å². The minimum absolute atomic E-state index is 0.0902. The van der Waals surface area contributed by atoms with E-state index >= 15 is 0 Å². The lowest BCUT2D eigenvalue weighted by molar-refractivity contribution is -0.384. The van der Waals surface area contributed by atoms with Gasteiger partial charge < -0.3 is 15.5 Å². The van der Waals surface area contributed by atoms with Crippen LogP contribution in [0.15, 0.2) is 66.9 Å². The van der Waals surface area contributed by atoms with Gasteiger partial charge in [0, 0.05) is 36.1 Å². The van der Waals surface area contributed by atoms with Gasteiger partial charge in [-0.3, -0.25) is 24.7 Å². The number of pyridine rings is 1. The molecule has 9 nitrogen and oxygen atoms in total. The number of anilines is 2. The zero-order valence-corrected chi connectivity index (χ0v) is 18.7. The second kappa shape index (κ2) is 10.7. The van der Waals surface area contributed by atoms with Gasteiger partial charge in [0.25, 0.3) is 11.6 Å². The molecule has 172 valence electrons. The molecule has 34 heavy (non-hydrogen) atoms. The van der Waals surface area contributed by atoms with Crippen LogP contribution < -0.4 is 10.6 Å². The van der Waals surface area contributed by atoms with E-state index in [0.29, 0.717) is 11.3 Å². The molecule has 3 rings (SSSR count). The van der Waals surface area contributed by atoms with Crippen molar-refractivity contribution in [2.45, 2.75) is 13.0 Å². The second-order valence-electron chi connectivity index (χ2n) is 7.54. The number of terminal acetylenes is 1. The topological polar surface area (TPSA) is 117 Å². The highest BCUT2D eigenvalue weighted by molar-refractivity contribution is 6.00. The van der Waals surface area contributed by atoms with Crippen molar-refractivity contribution < 1.29 is 14.5 Å². The third-order valence-corrected chi connectivity index (χ3v) is 4.99. The molecule has 0 aliphatic carbocycles. The number of benzene rings is 2. The van der Waals surface area contributed by atoms with Crippen LogP contribution in [0.5, 0.6) is 0 Å². The fourth-order valence-electron chi connectivity index (χ4n) is 3.27. The van der Waals surface area contributed by atoms with Crippen LogP contribution in [0.2, 0.25) is 0 Å². The number of nitrogens with zero attached hydrogens (tertiary/aromatic N) is 3. The maximum Gasteiger partial charge on any atom is 0.293 e. The third-order valence-electron chi connectivity index (χ3n) is 4.99. The summed E-state index contributed by atoms with van der Waals surface area (Å²) in [5.41, 5.74) is 1.93. The first-order valence-electron chi connectivity index (χ1n) is 10.4. The van der Waals surface area contributed by atoms with E-state index in [1.165, 1.54) is 30.1 Å². The first kappa shape index (κ1) is 23.9. The summed E-state index contributed by atoms with van der Waals surface area (Å²) in [6, 6.07) is 16.0. The summed E-state index contributed by atoms with van der Waals surface area (Å²) in [5.74, 6) is 1.52. The van der Waals surface area contributed by atoms with E-state index in [0.717, 1.165) is 5.69 Å². The molecule has 1 aromatic heterocycles. The lowest BCUT2D eigenvalue weighted by atomic mass is 10.1. The Labute approximate surface area is 197 Å². The van der Waals surface area contributed by atoms with Gasteiger partial charge in [-0.15, -0.1) is 6.42 Å². The number of aromatic nitrogens is 1. The zero-order valence-electron chi connectivity index (χ0n) is 18.7. The normalized spacial score (nSPS) is 11.1. The molecule has 0 spiro atoms. The molecule has 1 unspecified atom stereocenters. The van der Waals surface area contributed by atoms with Gasteiger partial charge in [-0.25, -0.2) is 0 Å². The molecule has 2 N–H and O–H groups in total. The molecule has 2 aromatic carbocycles. The van der Waals surface area contributed by atoms with Crippen molar-refractivity contribution in [1.29, 1.82) is 0 Å². The van der Waals surface area contributed by atoms with E-state index in [-0.39, 0.29) is 29.5 Å². The smallest absolute Gasteiger partial charge is 0.293 e. The minimum atomic E-state index is -0.560. The predicted octanol–water partition coefficient (Wildman–Crippen LogP) is 3.85. The molecule has 9 heteroatoms. The van der Waals surface area contributed by atoms with Crippen LogP contribution in [0, 0.1) is 22.5 Å². The SMILES string of the molecule is C#Cc1cccc(NC(=O)CN(C)C(=O)c2ccc(NC(C)c3ccccn3)c([N+](=O)[O-])c2)c1. The van der Waals surface area contributed by atoms with Gasteiger partial charge >= 0.3 is 0 Å².